The van der Waals surface area contributed by atoms with Gasteiger partial charge in [-0.25, -0.2) is 4.39 Å². The smallest absolute Gasteiger partial charge is 0.251 e. The molecule has 0 bridgehead atoms. The van der Waals surface area contributed by atoms with E-state index in [-0.39, 0.29) is 11.8 Å². The third kappa shape index (κ3) is 5.03. The highest BCUT2D eigenvalue weighted by molar-refractivity contribution is 6.30. The van der Waals surface area contributed by atoms with Crippen molar-refractivity contribution in [1.82, 2.24) is 5.32 Å². The van der Waals surface area contributed by atoms with Gasteiger partial charge in [-0.15, -0.1) is 0 Å². The van der Waals surface area contributed by atoms with Crippen LogP contribution in [0.4, 0.5) is 10.1 Å². The molecule has 2 N–H and O–H groups in total. The van der Waals surface area contributed by atoms with Crippen LogP contribution >= 0.6 is 11.6 Å². The lowest BCUT2D eigenvalue weighted by molar-refractivity contribution is -0.118. The van der Waals surface area contributed by atoms with Crippen LogP contribution in [0.5, 0.6) is 0 Å². The molecule has 0 saturated carbocycles. The van der Waals surface area contributed by atoms with E-state index in [1.807, 2.05) is 13.8 Å². The van der Waals surface area contributed by atoms with Gasteiger partial charge in [0.2, 0.25) is 5.91 Å². The van der Waals surface area contributed by atoms with E-state index in [1.165, 1.54) is 12.1 Å². The van der Waals surface area contributed by atoms with Gasteiger partial charge in [0.25, 0.3) is 5.91 Å². The number of anilines is 1. The van der Waals surface area contributed by atoms with E-state index in [2.05, 4.69) is 10.6 Å². The Bertz CT molecular complexity index is 775. The van der Waals surface area contributed by atoms with E-state index in [1.54, 1.807) is 37.3 Å². The van der Waals surface area contributed by atoms with Crippen molar-refractivity contribution < 1.29 is 14.0 Å². The molecule has 0 aliphatic heterocycles. The van der Waals surface area contributed by atoms with Crippen molar-refractivity contribution in [2.75, 3.05) is 5.32 Å². The Morgan fingerprint density at radius 1 is 1.08 bits per heavy atom. The fourth-order valence-electron chi connectivity index (χ4n) is 2.30. The minimum atomic E-state index is -0.758. The molecule has 2 rings (SSSR count). The Morgan fingerprint density at radius 2 is 1.72 bits per heavy atom. The summed E-state index contributed by atoms with van der Waals surface area (Å²) < 4.78 is 13.4. The molecule has 2 aromatic rings. The largest absolute Gasteiger partial charge is 0.340 e. The average molecular weight is 363 g/mol. The van der Waals surface area contributed by atoms with Crippen molar-refractivity contribution in [3.05, 3.63) is 64.4 Å². The van der Waals surface area contributed by atoms with Crippen molar-refractivity contribution in [3.8, 4) is 0 Å². The molecule has 0 aliphatic rings. The third-order valence-electron chi connectivity index (χ3n) is 3.80. The Hall–Kier alpha value is -2.40. The summed E-state index contributed by atoms with van der Waals surface area (Å²) in [7, 11) is 0. The van der Waals surface area contributed by atoms with Crippen LogP contribution in [0.25, 0.3) is 0 Å². The highest BCUT2D eigenvalue weighted by atomic mass is 35.5. The summed E-state index contributed by atoms with van der Waals surface area (Å²) in [5.74, 6) is -1.36. The van der Waals surface area contributed by atoms with Crippen LogP contribution in [0.3, 0.4) is 0 Å². The number of carbonyl (C=O) groups excluding carboxylic acids is 2. The van der Waals surface area contributed by atoms with Crippen LogP contribution in [0, 0.1) is 18.7 Å². The van der Waals surface area contributed by atoms with Crippen LogP contribution in [0.15, 0.2) is 42.5 Å². The average Bonchev–Trinajstić information content (AvgIpc) is 2.56. The van der Waals surface area contributed by atoms with E-state index in [0.717, 1.165) is 5.56 Å². The van der Waals surface area contributed by atoms with Gasteiger partial charge < -0.3 is 10.6 Å². The summed E-state index contributed by atoms with van der Waals surface area (Å²) in [5, 5.41) is 5.93. The molecule has 1 unspecified atom stereocenters. The molecule has 0 aromatic heterocycles. The van der Waals surface area contributed by atoms with Crippen LogP contribution in [0.1, 0.15) is 29.8 Å². The van der Waals surface area contributed by atoms with Crippen LogP contribution in [-0.4, -0.2) is 17.9 Å². The molecule has 132 valence electrons. The van der Waals surface area contributed by atoms with E-state index in [9.17, 15) is 14.0 Å². The minimum Gasteiger partial charge on any atom is -0.340 e. The third-order valence-corrected chi connectivity index (χ3v) is 4.05. The molecular formula is C19H20ClFN2O2. The molecule has 0 fully saturated rings. The van der Waals surface area contributed by atoms with Crippen molar-refractivity contribution in [1.29, 1.82) is 0 Å². The predicted molar refractivity (Wildman–Crippen MR) is 97.3 cm³/mol. The normalized spacial score (nSPS) is 11.9. The minimum absolute atomic E-state index is 0.148. The Labute approximate surface area is 151 Å². The molecule has 0 aliphatic carbocycles. The molecule has 2 aromatic carbocycles. The van der Waals surface area contributed by atoms with Gasteiger partial charge in [-0.05, 0) is 54.8 Å². The van der Waals surface area contributed by atoms with Crippen LogP contribution in [0.2, 0.25) is 5.02 Å². The Balaban J connectivity index is 2.14. The zero-order chi connectivity index (χ0) is 18.6. The van der Waals surface area contributed by atoms with Gasteiger partial charge in [-0.2, -0.15) is 0 Å². The molecule has 25 heavy (non-hydrogen) atoms. The van der Waals surface area contributed by atoms with Gasteiger partial charge in [0, 0.05) is 16.3 Å². The monoisotopic (exact) mass is 362 g/mol. The maximum Gasteiger partial charge on any atom is 0.251 e. The zero-order valence-corrected chi connectivity index (χ0v) is 15.0. The molecule has 0 heterocycles. The number of halogens is 2. The molecular weight excluding hydrogens is 343 g/mol. The second-order valence-electron chi connectivity index (χ2n) is 6.15. The number of carbonyl (C=O) groups is 2. The number of rotatable bonds is 5. The van der Waals surface area contributed by atoms with E-state index in [4.69, 9.17) is 11.6 Å². The van der Waals surface area contributed by atoms with Gasteiger partial charge >= 0.3 is 0 Å². The van der Waals surface area contributed by atoms with E-state index in [0.29, 0.717) is 16.3 Å². The first-order valence-corrected chi connectivity index (χ1v) is 8.29. The molecule has 6 heteroatoms. The fraction of sp³-hybridized carbons (Fsp3) is 0.263. The standard InChI is InChI=1S/C19H20ClFN2O2/c1-11(2)17(23-18(24)13-5-7-14(20)8-6-13)19(25)22-16-10-15(21)9-4-12(16)3/h4-11,17H,1-3H3,(H,22,25)(H,23,24). The fourth-order valence-corrected chi connectivity index (χ4v) is 2.43. The summed E-state index contributed by atoms with van der Waals surface area (Å²) >= 11 is 5.81. The highest BCUT2D eigenvalue weighted by Gasteiger charge is 2.25. The first kappa shape index (κ1) is 18.9. The van der Waals surface area contributed by atoms with E-state index >= 15 is 0 Å². The first-order valence-electron chi connectivity index (χ1n) is 7.91. The van der Waals surface area contributed by atoms with E-state index < -0.39 is 17.8 Å². The number of benzene rings is 2. The molecule has 4 nitrogen and oxygen atoms in total. The summed E-state index contributed by atoms with van der Waals surface area (Å²) in [6.45, 7) is 5.42. The van der Waals surface area contributed by atoms with Gasteiger partial charge in [0.05, 0.1) is 0 Å². The summed E-state index contributed by atoms with van der Waals surface area (Å²) in [6, 6.07) is 9.80. The molecule has 0 saturated heterocycles. The first-order chi connectivity index (χ1) is 11.8. The van der Waals surface area contributed by atoms with Gasteiger partial charge in [-0.1, -0.05) is 31.5 Å². The molecule has 2 amide bonds. The van der Waals surface area contributed by atoms with Crippen LogP contribution < -0.4 is 10.6 Å². The predicted octanol–water partition coefficient (Wildman–Crippen LogP) is 4.18. The van der Waals surface area contributed by atoms with Crippen molar-refractivity contribution in [2.45, 2.75) is 26.8 Å². The van der Waals surface area contributed by atoms with Crippen molar-refractivity contribution >= 4 is 29.1 Å². The lowest BCUT2D eigenvalue weighted by atomic mass is 10.0. The zero-order valence-electron chi connectivity index (χ0n) is 14.3. The number of aryl methyl sites for hydroxylation is 1. The summed E-state index contributed by atoms with van der Waals surface area (Å²) in [4.78, 5) is 24.9. The maximum atomic E-state index is 13.4. The molecule has 1 atom stereocenters. The second-order valence-corrected chi connectivity index (χ2v) is 6.59. The number of nitrogens with one attached hydrogen (secondary N) is 2. The van der Waals surface area contributed by atoms with Gasteiger partial charge in [-0.3, -0.25) is 9.59 Å². The lowest BCUT2D eigenvalue weighted by Gasteiger charge is -2.22. The Morgan fingerprint density at radius 3 is 2.32 bits per heavy atom. The maximum absolute atomic E-state index is 13.4. The summed E-state index contributed by atoms with van der Waals surface area (Å²) in [5.41, 5.74) is 1.53. The van der Waals surface area contributed by atoms with Crippen LogP contribution in [-0.2, 0) is 4.79 Å². The SMILES string of the molecule is Cc1ccc(F)cc1NC(=O)C(NC(=O)c1ccc(Cl)cc1)C(C)C. The van der Waals surface area contributed by atoms with Crippen molar-refractivity contribution in [3.63, 3.8) is 0 Å². The quantitative estimate of drug-likeness (QED) is 0.838. The summed E-state index contributed by atoms with van der Waals surface area (Å²) in [6.07, 6.45) is 0. The number of amides is 2. The lowest BCUT2D eigenvalue weighted by Crippen LogP contribution is -2.47. The molecule has 0 spiro atoms. The molecule has 0 radical (unpaired) electrons. The van der Waals surface area contributed by atoms with Crippen molar-refractivity contribution in [2.24, 2.45) is 5.92 Å². The Kier molecular flexibility index (Phi) is 6.15. The van der Waals surface area contributed by atoms with Gasteiger partial charge in [0.1, 0.15) is 11.9 Å². The highest BCUT2D eigenvalue weighted by Crippen LogP contribution is 2.17. The number of hydrogen-bond acceptors (Lipinski definition) is 2. The number of hydrogen-bond donors (Lipinski definition) is 2. The van der Waals surface area contributed by atoms with Gasteiger partial charge in [0.15, 0.2) is 0 Å². The topological polar surface area (TPSA) is 58.2 Å². The second kappa shape index (κ2) is 8.12.